The van der Waals surface area contributed by atoms with E-state index in [0.29, 0.717) is 44.6 Å². The van der Waals surface area contributed by atoms with E-state index in [0.717, 1.165) is 12.0 Å². The molecule has 10 nitrogen and oxygen atoms in total. The average Bonchev–Trinajstić information content (AvgIpc) is 3.29. The van der Waals surface area contributed by atoms with Gasteiger partial charge in [0, 0.05) is 6.92 Å². The van der Waals surface area contributed by atoms with Gasteiger partial charge in [0.05, 0.1) is 49.3 Å². The first kappa shape index (κ1) is 33.5. The quantitative estimate of drug-likeness (QED) is 0.206. The van der Waals surface area contributed by atoms with Gasteiger partial charge in [0.2, 0.25) is 0 Å². The van der Waals surface area contributed by atoms with Crippen molar-refractivity contribution in [2.45, 2.75) is 54.0 Å². The summed E-state index contributed by atoms with van der Waals surface area (Å²) in [5, 5.41) is 0. The molecule has 3 aromatic rings. The van der Waals surface area contributed by atoms with Gasteiger partial charge in [-0.2, -0.15) is 0 Å². The van der Waals surface area contributed by atoms with Crippen LogP contribution >= 0.6 is 11.3 Å². The van der Waals surface area contributed by atoms with Crippen molar-refractivity contribution in [3.63, 3.8) is 0 Å². The third-order valence-electron chi connectivity index (χ3n) is 6.98. The first-order chi connectivity index (χ1) is 21.4. The van der Waals surface area contributed by atoms with Crippen LogP contribution in [0.4, 0.5) is 0 Å². The van der Waals surface area contributed by atoms with Gasteiger partial charge in [0.15, 0.2) is 27.8 Å². The molecule has 0 N–H and O–H groups in total. The number of fused-ring (bicyclic) bond motifs is 1. The third-order valence-corrected chi connectivity index (χ3v) is 7.97. The van der Waals surface area contributed by atoms with Crippen molar-refractivity contribution in [1.82, 2.24) is 4.57 Å². The molecule has 0 bridgehead atoms. The van der Waals surface area contributed by atoms with Crippen LogP contribution in [0.25, 0.3) is 6.08 Å². The molecule has 0 aliphatic carbocycles. The SMILES string of the molecule is COc1cc(/C=c2/sc3n(c2=O)[C@H](c2ccc(OC(C)=O)c(OC)c2)C(C(=O)OCC(C)C)=C(C)N=3)ccc1OCCC(C)C. The maximum absolute atomic E-state index is 14.1. The van der Waals surface area contributed by atoms with Crippen LogP contribution in [0.5, 0.6) is 23.0 Å². The van der Waals surface area contributed by atoms with Crippen LogP contribution in [0.2, 0.25) is 0 Å². The Morgan fingerprint density at radius 1 is 0.978 bits per heavy atom. The summed E-state index contributed by atoms with van der Waals surface area (Å²) < 4.78 is 29.8. The molecular formula is C34H40N2O8S. The molecule has 1 aliphatic heterocycles. The zero-order chi connectivity index (χ0) is 32.8. The Balaban J connectivity index is 1.84. The van der Waals surface area contributed by atoms with Crippen LogP contribution < -0.4 is 33.8 Å². The molecule has 0 saturated heterocycles. The maximum atomic E-state index is 14.1. The van der Waals surface area contributed by atoms with Gasteiger partial charge in [-0.3, -0.25) is 14.2 Å². The fourth-order valence-electron chi connectivity index (χ4n) is 4.76. The zero-order valence-corrected chi connectivity index (χ0v) is 27.8. The highest BCUT2D eigenvalue weighted by Gasteiger charge is 2.34. The summed E-state index contributed by atoms with van der Waals surface area (Å²) in [6.07, 6.45) is 2.68. The summed E-state index contributed by atoms with van der Waals surface area (Å²) in [6.45, 7) is 12.0. The lowest BCUT2D eigenvalue weighted by Crippen LogP contribution is -2.40. The van der Waals surface area contributed by atoms with E-state index in [1.807, 2.05) is 32.0 Å². The molecule has 45 heavy (non-hydrogen) atoms. The van der Waals surface area contributed by atoms with Crippen molar-refractivity contribution in [2.75, 3.05) is 27.4 Å². The molecule has 0 saturated carbocycles. The lowest BCUT2D eigenvalue weighted by molar-refractivity contribution is -0.140. The number of benzene rings is 2. The first-order valence-corrected chi connectivity index (χ1v) is 15.6. The summed E-state index contributed by atoms with van der Waals surface area (Å²) in [5.74, 6) is 1.24. The average molecular weight is 637 g/mol. The molecule has 11 heteroatoms. The molecule has 0 fully saturated rings. The van der Waals surface area contributed by atoms with Crippen LogP contribution in [0, 0.1) is 11.8 Å². The monoisotopic (exact) mass is 636 g/mol. The minimum atomic E-state index is -0.866. The van der Waals surface area contributed by atoms with Gasteiger partial charge in [-0.05, 0) is 66.6 Å². The van der Waals surface area contributed by atoms with E-state index in [2.05, 4.69) is 18.8 Å². The Morgan fingerprint density at radius 3 is 2.31 bits per heavy atom. The molecule has 0 amide bonds. The Hall–Kier alpha value is -4.38. The normalized spacial score (nSPS) is 14.7. The van der Waals surface area contributed by atoms with Crippen LogP contribution in [0.1, 0.15) is 65.1 Å². The Kier molecular flexibility index (Phi) is 10.9. The molecule has 2 heterocycles. The number of thiazole rings is 1. The van der Waals surface area contributed by atoms with Crippen molar-refractivity contribution >= 4 is 29.4 Å². The van der Waals surface area contributed by atoms with Crippen LogP contribution in [0.3, 0.4) is 0 Å². The molecule has 1 atom stereocenters. The van der Waals surface area contributed by atoms with Crippen molar-refractivity contribution in [2.24, 2.45) is 16.8 Å². The third kappa shape index (κ3) is 7.83. The van der Waals surface area contributed by atoms with E-state index in [-0.39, 0.29) is 35.2 Å². The molecule has 0 spiro atoms. The van der Waals surface area contributed by atoms with E-state index >= 15 is 0 Å². The number of carbonyl (C=O) groups excluding carboxylic acids is 2. The fourth-order valence-corrected chi connectivity index (χ4v) is 5.81. The number of hydrogen-bond donors (Lipinski definition) is 0. The first-order valence-electron chi connectivity index (χ1n) is 14.8. The van der Waals surface area contributed by atoms with Crippen LogP contribution in [-0.2, 0) is 14.3 Å². The summed E-state index contributed by atoms with van der Waals surface area (Å²) in [5.41, 5.74) is 1.65. The number of allylic oxidation sites excluding steroid dienone is 1. The summed E-state index contributed by atoms with van der Waals surface area (Å²) in [7, 11) is 3.03. The standard InChI is InChI=1S/C34H40N2O8S/c1-19(2)13-14-42-25-11-9-23(15-27(25)40-7)16-29-32(38)36-31(24-10-12-26(44-22(6)37)28(17-24)41-8)30(21(5)35-34(36)45-29)33(39)43-18-20(3)4/h9-12,15-17,19-20,31H,13-14,18H2,1-8H3/b29-16+/t31-/m1/s1. The van der Waals surface area contributed by atoms with Crippen molar-refractivity contribution in [3.05, 3.63) is 78.5 Å². The van der Waals surface area contributed by atoms with Gasteiger partial charge in [-0.25, -0.2) is 9.79 Å². The van der Waals surface area contributed by atoms with Gasteiger partial charge in [0.1, 0.15) is 0 Å². The van der Waals surface area contributed by atoms with Gasteiger partial charge < -0.3 is 23.7 Å². The molecule has 1 aliphatic rings. The molecule has 1 aromatic heterocycles. The van der Waals surface area contributed by atoms with Crippen molar-refractivity contribution in [3.8, 4) is 23.0 Å². The van der Waals surface area contributed by atoms with E-state index in [4.69, 9.17) is 23.7 Å². The summed E-state index contributed by atoms with van der Waals surface area (Å²) >= 11 is 1.22. The predicted octanol–water partition coefficient (Wildman–Crippen LogP) is 4.80. The minimum absolute atomic E-state index is 0.113. The smallest absolute Gasteiger partial charge is 0.338 e. The van der Waals surface area contributed by atoms with E-state index in [9.17, 15) is 14.4 Å². The largest absolute Gasteiger partial charge is 0.493 e. The number of nitrogens with zero attached hydrogens (tertiary/aromatic N) is 2. The number of methoxy groups -OCH3 is 2. The molecule has 0 radical (unpaired) electrons. The highest BCUT2D eigenvalue weighted by atomic mass is 32.1. The Labute approximate surface area is 266 Å². The molecular weight excluding hydrogens is 596 g/mol. The summed E-state index contributed by atoms with van der Waals surface area (Å²) in [4.78, 5) is 44.3. The number of carbonyl (C=O) groups is 2. The minimum Gasteiger partial charge on any atom is -0.493 e. The highest BCUT2D eigenvalue weighted by molar-refractivity contribution is 7.07. The fraction of sp³-hybridized carbons (Fsp3) is 0.412. The van der Waals surface area contributed by atoms with E-state index < -0.39 is 18.0 Å². The topological polar surface area (TPSA) is 115 Å². The highest BCUT2D eigenvalue weighted by Crippen LogP contribution is 2.36. The van der Waals surface area contributed by atoms with Crippen LogP contribution in [-0.4, -0.2) is 43.9 Å². The maximum Gasteiger partial charge on any atom is 0.338 e. The Morgan fingerprint density at radius 2 is 1.67 bits per heavy atom. The zero-order valence-electron chi connectivity index (χ0n) is 27.0. The lowest BCUT2D eigenvalue weighted by Gasteiger charge is -2.25. The molecule has 4 rings (SSSR count). The summed E-state index contributed by atoms with van der Waals surface area (Å²) in [6, 6.07) is 9.57. The second-order valence-corrected chi connectivity index (χ2v) is 12.5. The van der Waals surface area contributed by atoms with Gasteiger partial charge in [-0.15, -0.1) is 0 Å². The lowest BCUT2D eigenvalue weighted by atomic mass is 9.95. The van der Waals surface area contributed by atoms with Crippen LogP contribution in [0.15, 0.2) is 57.5 Å². The number of rotatable bonds is 12. The van der Waals surface area contributed by atoms with E-state index in [1.54, 1.807) is 38.3 Å². The molecule has 0 unspecified atom stereocenters. The Bertz CT molecular complexity index is 1780. The number of esters is 2. The van der Waals surface area contributed by atoms with Crippen molar-refractivity contribution in [1.29, 1.82) is 0 Å². The van der Waals surface area contributed by atoms with E-state index in [1.165, 1.54) is 29.9 Å². The van der Waals surface area contributed by atoms with Gasteiger partial charge >= 0.3 is 11.9 Å². The predicted molar refractivity (Wildman–Crippen MR) is 172 cm³/mol. The van der Waals surface area contributed by atoms with Gasteiger partial charge in [0.25, 0.3) is 5.56 Å². The number of ether oxygens (including phenoxy) is 5. The number of aromatic nitrogens is 1. The molecule has 2 aromatic carbocycles. The number of hydrogen-bond acceptors (Lipinski definition) is 10. The van der Waals surface area contributed by atoms with Crippen molar-refractivity contribution < 1.29 is 33.3 Å². The molecule has 240 valence electrons. The van der Waals surface area contributed by atoms with Gasteiger partial charge in [-0.1, -0.05) is 51.2 Å². The second-order valence-electron chi connectivity index (χ2n) is 11.5. The second kappa shape index (κ2) is 14.6.